The molecule has 0 fully saturated rings. The van der Waals surface area contributed by atoms with Gasteiger partial charge in [0.1, 0.15) is 17.0 Å². The molecule has 4 aromatic rings. The third-order valence-electron chi connectivity index (χ3n) is 4.17. The van der Waals surface area contributed by atoms with Gasteiger partial charge in [-0.2, -0.15) is 0 Å². The highest BCUT2D eigenvalue weighted by Gasteiger charge is 2.16. The van der Waals surface area contributed by atoms with Crippen LogP contribution >= 0.6 is 0 Å². The van der Waals surface area contributed by atoms with E-state index in [0.29, 0.717) is 34.0 Å². The van der Waals surface area contributed by atoms with Crippen molar-refractivity contribution in [2.24, 2.45) is 7.05 Å². The van der Waals surface area contributed by atoms with Crippen LogP contribution in [0, 0.1) is 5.82 Å². The molecule has 0 radical (unpaired) electrons. The van der Waals surface area contributed by atoms with Crippen molar-refractivity contribution in [1.82, 2.24) is 19.7 Å². The fourth-order valence-corrected chi connectivity index (χ4v) is 2.91. The van der Waals surface area contributed by atoms with Gasteiger partial charge >= 0.3 is 0 Å². The zero-order chi connectivity index (χ0) is 19.7. The number of benzene rings is 1. The van der Waals surface area contributed by atoms with Crippen LogP contribution in [0.2, 0.25) is 0 Å². The molecule has 0 aliphatic rings. The highest BCUT2D eigenvalue weighted by molar-refractivity contribution is 5.93. The Hall–Kier alpha value is -3.88. The number of nitrogens with one attached hydrogen (secondary N) is 3. The van der Waals surface area contributed by atoms with Crippen LogP contribution in [0.4, 0.5) is 27.4 Å². The monoisotopic (exact) mass is 380 g/mol. The molecule has 3 aromatic heterocycles. The Bertz CT molecular complexity index is 1200. The fourth-order valence-electron chi connectivity index (χ4n) is 2.91. The van der Waals surface area contributed by atoms with Gasteiger partial charge in [-0.15, -0.1) is 0 Å². The zero-order valence-electron chi connectivity index (χ0n) is 15.2. The van der Waals surface area contributed by atoms with Gasteiger partial charge in [0.05, 0.1) is 18.5 Å². The summed E-state index contributed by atoms with van der Waals surface area (Å²) in [6, 6.07) is 11.6. The molecule has 0 aliphatic carbocycles. The van der Waals surface area contributed by atoms with Crippen LogP contribution in [0.15, 0.2) is 53.5 Å². The summed E-state index contributed by atoms with van der Waals surface area (Å²) < 4.78 is 20.5. The van der Waals surface area contributed by atoms with E-state index >= 15 is 0 Å². The molecule has 9 heteroatoms. The number of nitrogens with zero attached hydrogens (tertiary/aromatic N) is 3. The van der Waals surface area contributed by atoms with Crippen molar-refractivity contribution >= 4 is 34.0 Å². The first-order valence-corrected chi connectivity index (χ1v) is 8.44. The molecule has 0 saturated carbocycles. The second kappa shape index (κ2) is 7.03. The van der Waals surface area contributed by atoms with Crippen LogP contribution in [0.3, 0.4) is 0 Å². The number of aryl methyl sites for hydroxylation is 1. The average Bonchev–Trinajstić information content (AvgIpc) is 2.97. The van der Waals surface area contributed by atoms with Crippen molar-refractivity contribution < 1.29 is 9.13 Å². The average molecular weight is 380 g/mol. The number of para-hydroxylation sites is 1. The Kier molecular flexibility index (Phi) is 4.40. The molecule has 1 aromatic carbocycles. The maximum Gasteiger partial charge on any atom is 0.277 e. The number of hydrogen-bond donors (Lipinski definition) is 3. The maximum atomic E-state index is 14.0. The van der Waals surface area contributed by atoms with E-state index in [9.17, 15) is 9.18 Å². The van der Waals surface area contributed by atoms with Crippen LogP contribution in [0.25, 0.3) is 11.0 Å². The van der Waals surface area contributed by atoms with Gasteiger partial charge in [0.2, 0.25) is 0 Å². The topological polar surface area (TPSA) is 96.9 Å². The number of ether oxygens (including phenoxy) is 1. The lowest BCUT2D eigenvalue weighted by Gasteiger charge is -2.13. The van der Waals surface area contributed by atoms with Crippen LogP contribution in [-0.4, -0.2) is 26.9 Å². The van der Waals surface area contributed by atoms with E-state index in [1.807, 2.05) is 6.07 Å². The van der Waals surface area contributed by atoms with E-state index in [-0.39, 0.29) is 11.3 Å². The SMILES string of the molecule is COc1c(F)cccc1Nc1cc(Nc2ccccn2)nc2[nH]n(C)c(=O)c12. The van der Waals surface area contributed by atoms with Gasteiger partial charge in [-0.1, -0.05) is 12.1 Å². The van der Waals surface area contributed by atoms with Gasteiger partial charge in [0, 0.05) is 19.3 Å². The van der Waals surface area contributed by atoms with Crippen molar-refractivity contribution in [3.8, 4) is 5.75 Å². The lowest BCUT2D eigenvalue weighted by atomic mass is 10.2. The summed E-state index contributed by atoms with van der Waals surface area (Å²) in [7, 11) is 2.98. The van der Waals surface area contributed by atoms with Gasteiger partial charge in [-0.05, 0) is 24.3 Å². The molecular weight excluding hydrogens is 363 g/mol. The van der Waals surface area contributed by atoms with Crippen LogP contribution < -0.4 is 20.9 Å². The lowest BCUT2D eigenvalue weighted by molar-refractivity contribution is 0.388. The third kappa shape index (κ3) is 3.13. The summed E-state index contributed by atoms with van der Waals surface area (Å²) >= 11 is 0. The summed E-state index contributed by atoms with van der Waals surface area (Å²) in [6.07, 6.45) is 1.65. The Morgan fingerprint density at radius 1 is 1.11 bits per heavy atom. The molecule has 4 rings (SSSR count). The number of fused-ring (bicyclic) bond motifs is 1. The van der Waals surface area contributed by atoms with Crippen molar-refractivity contribution in [3.05, 3.63) is 64.8 Å². The smallest absolute Gasteiger partial charge is 0.277 e. The predicted molar refractivity (Wildman–Crippen MR) is 105 cm³/mol. The highest BCUT2D eigenvalue weighted by atomic mass is 19.1. The number of halogens is 1. The van der Waals surface area contributed by atoms with Crippen LogP contribution in [0.1, 0.15) is 0 Å². The number of aromatic amines is 1. The minimum atomic E-state index is -0.508. The van der Waals surface area contributed by atoms with Gasteiger partial charge in [0.25, 0.3) is 5.56 Å². The van der Waals surface area contributed by atoms with E-state index in [2.05, 4.69) is 25.7 Å². The molecule has 3 N–H and O–H groups in total. The standard InChI is InChI=1S/C19H17FN6O2/c1-26-19(27)16-13(22-12-7-5-6-11(20)17(12)28-2)10-15(24-18(16)25-26)23-14-8-3-4-9-21-14/h3-10H,1-2H3,(H3,21,22,23,24,25). The first kappa shape index (κ1) is 17.5. The molecule has 0 aliphatic heterocycles. The molecule has 0 unspecified atom stereocenters. The molecule has 3 heterocycles. The quantitative estimate of drug-likeness (QED) is 0.492. The predicted octanol–water partition coefficient (Wildman–Crippen LogP) is 3.29. The Morgan fingerprint density at radius 2 is 1.96 bits per heavy atom. The molecule has 0 atom stereocenters. The third-order valence-corrected chi connectivity index (χ3v) is 4.17. The summed E-state index contributed by atoms with van der Waals surface area (Å²) in [5.74, 6) is 0.610. The first-order valence-electron chi connectivity index (χ1n) is 8.44. The maximum absolute atomic E-state index is 14.0. The Morgan fingerprint density at radius 3 is 2.71 bits per heavy atom. The van der Waals surface area contributed by atoms with E-state index < -0.39 is 5.82 Å². The number of H-pyrrole nitrogens is 1. The second-order valence-electron chi connectivity index (χ2n) is 6.04. The van der Waals surface area contributed by atoms with Crippen molar-refractivity contribution in [2.75, 3.05) is 17.7 Å². The number of anilines is 4. The van der Waals surface area contributed by atoms with Crippen molar-refractivity contribution in [2.45, 2.75) is 0 Å². The van der Waals surface area contributed by atoms with E-state index in [0.717, 1.165) is 0 Å². The van der Waals surface area contributed by atoms with Crippen LogP contribution in [-0.2, 0) is 7.05 Å². The van der Waals surface area contributed by atoms with Gasteiger partial charge in [-0.3, -0.25) is 14.6 Å². The van der Waals surface area contributed by atoms with Crippen molar-refractivity contribution in [1.29, 1.82) is 0 Å². The van der Waals surface area contributed by atoms with Crippen molar-refractivity contribution in [3.63, 3.8) is 0 Å². The summed E-state index contributed by atoms with van der Waals surface area (Å²) in [5.41, 5.74) is 0.965. The van der Waals surface area contributed by atoms with E-state index in [1.165, 1.54) is 17.9 Å². The number of rotatable bonds is 5. The summed E-state index contributed by atoms with van der Waals surface area (Å²) in [6.45, 7) is 0. The van der Waals surface area contributed by atoms with E-state index in [1.54, 1.807) is 43.6 Å². The number of aromatic nitrogens is 4. The molecule has 0 spiro atoms. The first-order chi connectivity index (χ1) is 13.6. The van der Waals surface area contributed by atoms with Gasteiger partial charge in [-0.25, -0.2) is 14.4 Å². The molecular formula is C19H17FN6O2. The largest absolute Gasteiger partial charge is 0.492 e. The summed E-state index contributed by atoms with van der Waals surface area (Å²) in [5, 5.41) is 9.43. The van der Waals surface area contributed by atoms with E-state index in [4.69, 9.17) is 4.74 Å². The molecule has 8 nitrogen and oxygen atoms in total. The fraction of sp³-hybridized carbons (Fsp3) is 0.105. The second-order valence-corrected chi connectivity index (χ2v) is 6.04. The molecule has 142 valence electrons. The number of methoxy groups -OCH3 is 1. The normalized spacial score (nSPS) is 10.8. The molecule has 0 amide bonds. The van der Waals surface area contributed by atoms with Gasteiger partial charge in [0.15, 0.2) is 17.2 Å². The molecule has 0 bridgehead atoms. The molecule has 28 heavy (non-hydrogen) atoms. The number of pyridine rings is 2. The highest BCUT2D eigenvalue weighted by Crippen LogP contribution is 2.33. The minimum Gasteiger partial charge on any atom is -0.492 e. The lowest BCUT2D eigenvalue weighted by Crippen LogP contribution is -2.12. The number of hydrogen-bond acceptors (Lipinski definition) is 6. The van der Waals surface area contributed by atoms with Crippen LogP contribution in [0.5, 0.6) is 5.75 Å². The zero-order valence-corrected chi connectivity index (χ0v) is 15.2. The Labute approximate surface area is 159 Å². The Balaban J connectivity index is 1.84. The van der Waals surface area contributed by atoms with Gasteiger partial charge < -0.3 is 15.4 Å². The molecule has 0 saturated heterocycles. The summed E-state index contributed by atoms with van der Waals surface area (Å²) in [4.78, 5) is 21.2. The minimum absolute atomic E-state index is 0.0547.